The molecule has 1 aromatic carbocycles. The summed E-state index contributed by atoms with van der Waals surface area (Å²) in [6, 6.07) is 8.34. The second-order valence-corrected chi connectivity index (χ2v) is 8.62. The average Bonchev–Trinajstić information content (AvgIpc) is 3.03. The van der Waals surface area contributed by atoms with Gasteiger partial charge in [-0.15, -0.1) is 0 Å². The van der Waals surface area contributed by atoms with Gasteiger partial charge in [0.2, 0.25) is 5.91 Å². The van der Waals surface area contributed by atoms with Crippen molar-refractivity contribution in [2.45, 2.75) is 45.7 Å². The van der Waals surface area contributed by atoms with Crippen molar-refractivity contribution in [3.8, 4) is 5.69 Å². The van der Waals surface area contributed by atoms with Gasteiger partial charge in [0.05, 0.1) is 24.6 Å². The first-order valence-electron chi connectivity index (χ1n) is 10.9. The molecular weight excluding hydrogens is 378 g/mol. The number of nitrogens with zero attached hydrogens (tertiary/aromatic N) is 4. The second-order valence-electron chi connectivity index (χ2n) is 8.62. The monoisotopic (exact) mass is 411 g/mol. The van der Waals surface area contributed by atoms with Gasteiger partial charge in [0.25, 0.3) is 0 Å². The molecule has 2 aliphatic rings. The minimum atomic E-state index is -0.532. The van der Waals surface area contributed by atoms with Crippen LogP contribution in [0.1, 0.15) is 35.4 Å². The third-order valence-corrected chi connectivity index (χ3v) is 6.92. The van der Waals surface area contributed by atoms with Gasteiger partial charge in [-0.25, -0.2) is 4.68 Å². The molecule has 4 rings (SSSR count). The number of aryl methyl sites for hydroxylation is 2. The van der Waals surface area contributed by atoms with E-state index in [0.717, 1.165) is 56.9 Å². The number of ether oxygens (including phenoxy) is 1. The van der Waals surface area contributed by atoms with Crippen LogP contribution >= 0.6 is 0 Å². The number of hydrogen-bond acceptors (Lipinski definition) is 5. The average molecular weight is 412 g/mol. The summed E-state index contributed by atoms with van der Waals surface area (Å²) in [5.41, 5.74) is 11.2. The van der Waals surface area contributed by atoms with Gasteiger partial charge in [-0.3, -0.25) is 14.6 Å². The van der Waals surface area contributed by atoms with Crippen LogP contribution in [0.25, 0.3) is 5.69 Å². The zero-order chi connectivity index (χ0) is 21.3. The topological polar surface area (TPSA) is 76.6 Å². The fourth-order valence-electron chi connectivity index (χ4n) is 4.95. The van der Waals surface area contributed by atoms with Crippen LogP contribution in [0, 0.1) is 20.8 Å². The Morgan fingerprint density at radius 2 is 1.77 bits per heavy atom. The lowest BCUT2D eigenvalue weighted by molar-refractivity contribution is -0.138. The maximum Gasteiger partial charge on any atom is 0.238 e. The Labute approximate surface area is 178 Å². The van der Waals surface area contributed by atoms with E-state index in [-0.39, 0.29) is 5.91 Å². The number of benzene rings is 1. The van der Waals surface area contributed by atoms with Crippen LogP contribution in [-0.2, 0) is 16.1 Å². The Bertz CT molecular complexity index is 908. The number of amides is 1. The molecule has 1 aromatic heterocycles. The summed E-state index contributed by atoms with van der Waals surface area (Å²) < 4.78 is 7.54. The predicted octanol–water partition coefficient (Wildman–Crippen LogP) is 1.95. The van der Waals surface area contributed by atoms with Crippen LogP contribution in [0.2, 0.25) is 0 Å². The highest BCUT2D eigenvalue weighted by Gasteiger charge is 2.45. The van der Waals surface area contributed by atoms with E-state index in [1.54, 1.807) is 0 Å². The number of likely N-dealkylation sites (tertiary alicyclic amines) is 1. The molecule has 0 unspecified atom stereocenters. The van der Waals surface area contributed by atoms with E-state index in [1.807, 2.05) is 0 Å². The number of morpholine rings is 1. The van der Waals surface area contributed by atoms with E-state index in [2.05, 4.69) is 59.5 Å². The van der Waals surface area contributed by atoms with Crippen molar-refractivity contribution >= 4 is 5.91 Å². The molecule has 0 atom stereocenters. The number of primary amides is 1. The number of piperidine rings is 1. The number of nitrogens with two attached hydrogens (primary N) is 1. The molecule has 0 aliphatic carbocycles. The first-order chi connectivity index (χ1) is 14.4. The van der Waals surface area contributed by atoms with Crippen LogP contribution in [0.15, 0.2) is 24.3 Å². The largest absolute Gasteiger partial charge is 0.379 e. The highest BCUT2D eigenvalue weighted by atomic mass is 16.5. The smallest absolute Gasteiger partial charge is 0.238 e. The second kappa shape index (κ2) is 8.49. The van der Waals surface area contributed by atoms with E-state index in [4.69, 9.17) is 15.6 Å². The summed E-state index contributed by atoms with van der Waals surface area (Å²) in [4.78, 5) is 17.1. The number of carbonyl (C=O) groups is 1. The van der Waals surface area contributed by atoms with Crippen molar-refractivity contribution in [3.05, 3.63) is 46.8 Å². The minimum absolute atomic E-state index is 0.191. The Kier molecular flexibility index (Phi) is 5.95. The summed E-state index contributed by atoms with van der Waals surface area (Å²) in [7, 11) is 0. The summed E-state index contributed by atoms with van der Waals surface area (Å²) in [6.45, 7) is 11.8. The molecule has 0 bridgehead atoms. The fourth-order valence-corrected chi connectivity index (χ4v) is 4.95. The molecule has 2 N–H and O–H groups in total. The van der Waals surface area contributed by atoms with Crippen LogP contribution in [0.4, 0.5) is 0 Å². The molecular formula is C23H33N5O2. The summed E-state index contributed by atoms with van der Waals surface area (Å²) in [6.07, 6.45) is 1.54. The highest BCUT2D eigenvalue weighted by molar-refractivity contribution is 5.84. The third kappa shape index (κ3) is 3.77. The van der Waals surface area contributed by atoms with Crippen LogP contribution in [-0.4, -0.2) is 70.4 Å². The Morgan fingerprint density at radius 1 is 1.10 bits per heavy atom. The number of aromatic nitrogens is 2. The van der Waals surface area contributed by atoms with Gasteiger partial charge in [-0.1, -0.05) is 18.2 Å². The van der Waals surface area contributed by atoms with Gasteiger partial charge in [0.15, 0.2) is 0 Å². The van der Waals surface area contributed by atoms with Crippen molar-refractivity contribution in [3.63, 3.8) is 0 Å². The van der Waals surface area contributed by atoms with E-state index in [1.165, 1.54) is 16.8 Å². The Hall–Kier alpha value is -2.22. The molecule has 7 nitrogen and oxygen atoms in total. The highest BCUT2D eigenvalue weighted by Crippen LogP contribution is 2.31. The molecule has 0 saturated carbocycles. The van der Waals surface area contributed by atoms with Crippen molar-refractivity contribution in [2.24, 2.45) is 5.73 Å². The van der Waals surface area contributed by atoms with Crippen LogP contribution in [0.5, 0.6) is 0 Å². The Morgan fingerprint density at radius 3 is 2.40 bits per heavy atom. The summed E-state index contributed by atoms with van der Waals surface area (Å²) in [5.74, 6) is -0.191. The number of carbonyl (C=O) groups excluding carboxylic acids is 1. The van der Waals surface area contributed by atoms with E-state index < -0.39 is 5.54 Å². The summed E-state index contributed by atoms with van der Waals surface area (Å²) in [5, 5.41) is 4.83. The number of rotatable bonds is 5. The standard InChI is InChI=1S/C23H33N5O2/c1-17-6-4-5-7-21(17)28-19(3)20(18(2)25-28)16-26-10-8-23(9-11-26,22(24)29)27-12-14-30-15-13-27/h4-7H,8-16H2,1-3H3,(H2,24,29). The van der Waals surface area contributed by atoms with Crippen molar-refractivity contribution in [1.29, 1.82) is 0 Å². The van der Waals surface area contributed by atoms with Gasteiger partial charge in [0, 0.05) is 44.0 Å². The zero-order valence-corrected chi connectivity index (χ0v) is 18.4. The molecule has 2 saturated heterocycles. The molecule has 3 heterocycles. The summed E-state index contributed by atoms with van der Waals surface area (Å²) >= 11 is 0. The molecule has 162 valence electrons. The van der Waals surface area contributed by atoms with Gasteiger partial charge in [-0.05, 0) is 45.2 Å². The van der Waals surface area contributed by atoms with Crippen LogP contribution in [0.3, 0.4) is 0 Å². The van der Waals surface area contributed by atoms with Gasteiger partial charge in [0.1, 0.15) is 5.54 Å². The predicted molar refractivity (Wildman–Crippen MR) is 117 cm³/mol. The molecule has 1 amide bonds. The molecule has 0 spiro atoms. The van der Waals surface area contributed by atoms with Gasteiger partial charge < -0.3 is 10.5 Å². The normalized spacial score (nSPS) is 20.4. The molecule has 2 aliphatic heterocycles. The Balaban J connectivity index is 1.49. The first-order valence-corrected chi connectivity index (χ1v) is 10.9. The van der Waals surface area contributed by atoms with E-state index in [9.17, 15) is 4.79 Å². The van der Waals surface area contributed by atoms with Gasteiger partial charge in [-0.2, -0.15) is 5.10 Å². The van der Waals surface area contributed by atoms with Crippen molar-refractivity contribution in [1.82, 2.24) is 19.6 Å². The van der Waals surface area contributed by atoms with Crippen molar-refractivity contribution in [2.75, 3.05) is 39.4 Å². The maximum atomic E-state index is 12.4. The zero-order valence-electron chi connectivity index (χ0n) is 18.4. The number of para-hydroxylation sites is 1. The lowest BCUT2D eigenvalue weighted by Gasteiger charge is -2.48. The SMILES string of the molecule is Cc1ccccc1-n1nc(C)c(CN2CCC(C(N)=O)(N3CCOCC3)CC2)c1C. The molecule has 0 radical (unpaired) electrons. The maximum absolute atomic E-state index is 12.4. The quantitative estimate of drug-likeness (QED) is 0.814. The first kappa shape index (κ1) is 21.0. The van der Waals surface area contributed by atoms with E-state index in [0.29, 0.717) is 13.2 Å². The van der Waals surface area contributed by atoms with Gasteiger partial charge >= 0.3 is 0 Å². The third-order valence-electron chi connectivity index (χ3n) is 6.92. The molecule has 7 heteroatoms. The number of hydrogen-bond donors (Lipinski definition) is 1. The lowest BCUT2D eigenvalue weighted by atomic mass is 9.84. The minimum Gasteiger partial charge on any atom is -0.379 e. The molecule has 2 fully saturated rings. The van der Waals surface area contributed by atoms with Crippen molar-refractivity contribution < 1.29 is 9.53 Å². The van der Waals surface area contributed by atoms with E-state index >= 15 is 0 Å². The van der Waals surface area contributed by atoms with Crippen LogP contribution < -0.4 is 5.73 Å². The lowest BCUT2D eigenvalue weighted by Crippen LogP contribution is -2.64. The fraction of sp³-hybridized carbons (Fsp3) is 0.565. The molecule has 2 aromatic rings. The molecule has 30 heavy (non-hydrogen) atoms.